The maximum atomic E-state index is 5.12. The first-order chi connectivity index (χ1) is 8.81. The highest BCUT2D eigenvalue weighted by atomic mass is 16.5. The molecular formula is C14H23N3O. The number of methoxy groups -OCH3 is 1. The average molecular weight is 249 g/mol. The number of pyridine rings is 1. The van der Waals surface area contributed by atoms with Crippen LogP contribution in [0.3, 0.4) is 0 Å². The monoisotopic (exact) mass is 249 g/mol. The van der Waals surface area contributed by atoms with Gasteiger partial charge in [0.2, 0.25) is 5.88 Å². The molecule has 100 valence electrons. The molecule has 0 amide bonds. The van der Waals surface area contributed by atoms with Crippen molar-refractivity contribution in [1.82, 2.24) is 15.2 Å². The van der Waals surface area contributed by atoms with Crippen molar-refractivity contribution < 1.29 is 4.74 Å². The second-order valence-electron chi connectivity index (χ2n) is 4.85. The lowest BCUT2D eigenvalue weighted by atomic mass is 10.1. The number of hydrogen-bond donors (Lipinski definition) is 1. The van der Waals surface area contributed by atoms with Crippen molar-refractivity contribution in [2.75, 3.05) is 33.3 Å². The van der Waals surface area contributed by atoms with Crippen LogP contribution in [-0.4, -0.2) is 43.2 Å². The zero-order chi connectivity index (χ0) is 12.8. The highest BCUT2D eigenvalue weighted by Gasteiger charge is 2.20. The summed E-state index contributed by atoms with van der Waals surface area (Å²) in [4.78, 5) is 6.90. The molecule has 1 atom stereocenters. The third-order valence-corrected chi connectivity index (χ3v) is 3.55. The summed E-state index contributed by atoms with van der Waals surface area (Å²) in [5, 5.41) is 3.49. The molecule has 1 aromatic heterocycles. The Hall–Kier alpha value is -1.13. The van der Waals surface area contributed by atoms with Crippen LogP contribution in [0.4, 0.5) is 0 Å². The van der Waals surface area contributed by atoms with Gasteiger partial charge < -0.3 is 15.0 Å². The Morgan fingerprint density at radius 1 is 1.50 bits per heavy atom. The summed E-state index contributed by atoms with van der Waals surface area (Å²) in [7, 11) is 1.65. The van der Waals surface area contributed by atoms with Crippen LogP contribution in [-0.2, 0) is 6.54 Å². The van der Waals surface area contributed by atoms with Crippen molar-refractivity contribution in [3.63, 3.8) is 0 Å². The summed E-state index contributed by atoms with van der Waals surface area (Å²) in [6, 6.07) is 5.89. The number of likely N-dealkylation sites (tertiary alicyclic amines) is 1. The Balaban J connectivity index is 1.72. The van der Waals surface area contributed by atoms with Crippen LogP contribution in [0.5, 0.6) is 5.88 Å². The molecule has 1 aliphatic rings. The number of ether oxygens (including phenoxy) is 1. The standard InChI is InChI=1S/C14H23N3O/c1-3-17-8-7-12(11-17)9-15-10-13-5-4-6-14(16-13)18-2/h4-6,12,15H,3,7-11H2,1-2H3. The molecule has 0 spiro atoms. The van der Waals surface area contributed by atoms with Gasteiger partial charge in [-0.2, -0.15) is 0 Å². The molecule has 1 fully saturated rings. The largest absolute Gasteiger partial charge is 0.481 e. The van der Waals surface area contributed by atoms with Crippen LogP contribution in [0.25, 0.3) is 0 Å². The molecule has 0 bridgehead atoms. The highest BCUT2D eigenvalue weighted by Crippen LogP contribution is 2.14. The van der Waals surface area contributed by atoms with Crippen molar-refractivity contribution in [2.45, 2.75) is 19.9 Å². The summed E-state index contributed by atoms with van der Waals surface area (Å²) in [5.74, 6) is 1.47. The van der Waals surface area contributed by atoms with Crippen LogP contribution in [0.15, 0.2) is 18.2 Å². The van der Waals surface area contributed by atoms with Gasteiger partial charge in [-0.25, -0.2) is 4.98 Å². The Morgan fingerprint density at radius 3 is 3.11 bits per heavy atom. The van der Waals surface area contributed by atoms with E-state index in [4.69, 9.17) is 4.74 Å². The summed E-state index contributed by atoms with van der Waals surface area (Å²) in [5.41, 5.74) is 1.04. The lowest BCUT2D eigenvalue weighted by Gasteiger charge is -2.13. The minimum absolute atomic E-state index is 0.687. The third-order valence-electron chi connectivity index (χ3n) is 3.55. The van der Waals surface area contributed by atoms with Crippen LogP contribution in [0.1, 0.15) is 19.0 Å². The summed E-state index contributed by atoms with van der Waals surface area (Å²) in [6.45, 7) is 7.79. The van der Waals surface area contributed by atoms with E-state index in [2.05, 4.69) is 22.1 Å². The second kappa shape index (κ2) is 6.71. The van der Waals surface area contributed by atoms with E-state index in [-0.39, 0.29) is 0 Å². The maximum Gasteiger partial charge on any atom is 0.213 e. The number of nitrogens with zero attached hydrogens (tertiary/aromatic N) is 2. The molecule has 1 N–H and O–H groups in total. The van der Waals surface area contributed by atoms with Gasteiger partial charge in [0.15, 0.2) is 0 Å². The van der Waals surface area contributed by atoms with Gasteiger partial charge in [0.1, 0.15) is 0 Å². The van der Waals surface area contributed by atoms with Gasteiger partial charge in [-0.05, 0) is 38.0 Å². The van der Waals surface area contributed by atoms with E-state index in [1.165, 1.54) is 26.1 Å². The van der Waals surface area contributed by atoms with Crippen molar-refractivity contribution >= 4 is 0 Å². The normalized spacial score (nSPS) is 20.2. The van der Waals surface area contributed by atoms with Crippen molar-refractivity contribution in [1.29, 1.82) is 0 Å². The number of aromatic nitrogens is 1. The fourth-order valence-corrected chi connectivity index (χ4v) is 2.44. The molecule has 0 aliphatic carbocycles. The molecule has 1 aromatic rings. The quantitative estimate of drug-likeness (QED) is 0.829. The average Bonchev–Trinajstić information content (AvgIpc) is 2.87. The Labute approximate surface area is 109 Å². The first-order valence-electron chi connectivity index (χ1n) is 6.74. The number of hydrogen-bond acceptors (Lipinski definition) is 4. The van der Waals surface area contributed by atoms with E-state index in [1.807, 2.05) is 18.2 Å². The molecule has 0 aromatic carbocycles. The zero-order valence-electron chi connectivity index (χ0n) is 11.4. The smallest absolute Gasteiger partial charge is 0.213 e. The molecule has 0 radical (unpaired) electrons. The van der Waals surface area contributed by atoms with Crippen molar-refractivity contribution in [3.05, 3.63) is 23.9 Å². The third kappa shape index (κ3) is 3.68. The van der Waals surface area contributed by atoms with Gasteiger partial charge in [0.05, 0.1) is 12.8 Å². The predicted octanol–water partition coefficient (Wildman–Crippen LogP) is 1.52. The fourth-order valence-electron chi connectivity index (χ4n) is 2.44. The van der Waals surface area contributed by atoms with Crippen molar-refractivity contribution in [3.8, 4) is 5.88 Å². The molecule has 1 unspecified atom stereocenters. The minimum atomic E-state index is 0.687. The molecule has 4 nitrogen and oxygen atoms in total. The van der Waals surface area contributed by atoms with Gasteiger partial charge in [0, 0.05) is 19.2 Å². The van der Waals surface area contributed by atoms with E-state index >= 15 is 0 Å². The van der Waals surface area contributed by atoms with E-state index < -0.39 is 0 Å². The highest BCUT2D eigenvalue weighted by molar-refractivity contribution is 5.15. The van der Waals surface area contributed by atoms with Gasteiger partial charge >= 0.3 is 0 Å². The maximum absolute atomic E-state index is 5.12. The predicted molar refractivity (Wildman–Crippen MR) is 72.7 cm³/mol. The molecule has 0 saturated carbocycles. The Kier molecular flexibility index (Phi) is 4.96. The van der Waals surface area contributed by atoms with Gasteiger partial charge in [-0.3, -0.25) is 0 Å². The minimum Gasteiger partial charge on any atom is -0.481 e. The molecule has 2 heterocycles. The summed E-state index contributed by atoms with van der Waals surface area (Å²) >= 11 is 0. The van der Waals surface area contributed by atoms with E-state index in [0.29, 0.717) is 5.88 Å². The number of rotatable bonds is 6. The molecule has 1 saturated heterocycles. The van der Waals surface area contributed by atoms with Crippen LogP contribution < -0.4 is 10.1 Å². The van der Waals surface area contributed by atoms with Crippen LogP contribution in [0.2, 0.25) is 0 Å². The van der Waals surface area contributed by atoms with Crippen LogP contribution in [0, 0.1) is 5.92 Å². The topological polar surface area (TPSA) is 37.4 Å². The molecule has 18 heavy (non-hydrogen) atoms. The first kappa shape index (κ1) is 13.3. The summed E-state index contributed by atoms with van der Waals surface area (Å²) < 4.78 is 5.12. The van der Waals surface area contributed by atoms with E-state index in [0.717, 1.165) is 24.7 Å². The van der Waals surface area contributed by atoms with Gasteiger partial charge in [-0.1, -0.05) is 13.0 Å². The van der Waals surface area contributed by atoms with Crippen molar-refractivity contribution in [2.24, 2.45) is 5.92 Å². The van der Waals surface area contributed by atoms with Crippen LogP contribution >= 0.6 is 0 Å². The Bertz CT molecular complexity index is 370. The second-order valence-corrected chi connectivity index (χ2v) is 4.85. The first-order valence-corrected chi connectivity index (χ1v) is 6.74. The van der Waals surface area contributed by atoms with Gasteiger partial charge in [-0.15, -0.1) is 0 Å². The number of nitrogens with one attached hydrogen (secondary N) is 1. The summed E-state index contributed by atoms with van der Waals surface area (Å²) in [6.07, 6.45) is 1.31. The molecule has 1 aliphatic heterocycles. The molecule has 4 heteroatoms. The Morgan fingerprint density at radius 2 is 2.39 bits per heavy atom. The fraction of sp³-hybridized carbons (Fsp3) is 0.643. The lowest BCUT2D eigenvalue weighted by molar-refractivity contribution is 0.338. The van der Waals surface area contributed by atoms with E-state index in [1.54, 1.807) is 7.11 Å². The zero-order valence-corrected chi connectivity index (χ0v) is 11.4. The van der Waals surface area contributed by atoms with E-state index in [9.17, 15) is 0 Å². The molecule has 2 rings (SSSR count). The molecular weight excluding hydrogens is 226 g/mol. The SMILES string of the molecule is CCN1CCC(CNCc2cccc(OC)n2)C1. The van der Waals surface area contributed by atoms with Gasteiger partial charge in [0.25, 0.3) is 0 Å². The lowest BCUT2D eigenvalue weighted by Crippen LogP contribution is -2.26.